The molecule has 0 aromatic carbocycles. The smallest absolute Gasteiger partial charge is 0.180 e. The van der Waals surface area contributed by atoms with Gasteiger partial charge in [-0.05, 0) is 31.1 Å². The lowest BCUT2D eigenvalue weighted by Gasteiger charge is -2.33. The molecule has 2 aliphatic rings. The lowest BCUT2D eigenvalue weighted by atomic mass is 9.94. The average Bonchev–Trinajstić information content (AvgIpc) is 3.05. The van der Waals surface area contributed by atoms with Crippen molar-refractivity contribution < 1.29 is 5.11 Å². The Labute approximate surface area is 112 Å². The number of rotatable bonds is 5. The lowest BCUT2D eigenvalue weighted by Crippen LogP contribution is -2.40. The molecule has 4 nitrogen and oxygen atoms in total. The molecule has 0 amide bonds. The lowest BCUT2D eigenvalue weighted by molar-refractivity contribution is 0.108. The van der Waals surface area contributed by atoms with E-state index < -0.39 is 0 Å². The van der Waals surface area contributed by atoms with E-state index >= 15 is 0 Å². The summed E-state index contributed by atoms with van der Waals surface area (Å²) in [6.07, 6.45) is 7.39. The topological polar surface area (TPSA) is 62.4 Å². The second-order valence-corrected chi connectivity index (χ2v) is 6.75. The molecular weight excluding hydrogens is 246 g/mol. The highest BCUT2D eigenvalue weighted by atomic mass is 32.1. The molecule has 3 atom stereocenters. The van der Waals surface area contributed by atoms with Gasteiger partial charge in [-0.1, -0.05) is 6.42 Å². The Morgan fingerprint density at radius 3 is 2.89 bits per heavy atom. The molecule has 5 heteroatoms. The van der Waals surface area contributed by atoms with E-state index in [-0.39, 0.29) is 6.61 Å². The van der Waals surface area contributed by atoms with Crippen LogP contribution in [0, 0.1) is 11.8 Å². The van der Waals surface area contributed by atoms with E-state index in [1.807, 2.05) is 6.20 Å². The summed E-state index contributed by atoms with van der Waals surface area (Å²) in [5, 5.41) is 9.91. The molecule has 1 aromatic heterocycles. The van der Waals surface area contributed by atoms with Crippen LogP contribution in [0.4, 0.5) is 5.13 Å². The van der Waals surface area contributed by atoms with Crippen LogP contribution in [0.25, 0.3) is 0 Å². The van der Waals surface area contributed by atoms with Crippen LogP contribution < -0.4 is 5.73 Å². The van der Waals surface area contributed by atoms with Gasteiger partial charge in [0.15, 0.2) is 5.13 Å². The number of fused-ring (bicyclic) bond motifs is 2. The van der Waals surface area contributed by atoms with Crippen molar-refractivity contribution in [2.24, 2.45) is 11.8 Å². The van der Waals surface area contributed by atoms with Crippen molar-refractivity contribution in [2.45, 2.75) is 38.3 Å². The second-order valence-electron chi connectivity index (χ2n) is 5.60. The predicted molar refractivity (Wildman–Crippen MR) is 73.3 cm³/mol. The van der Waals surface area contributed by atoms with Gasteiger partial charge in [-0.2, -0.15) is 0 Å². The van der Waals surface area contributed by atoms with Gasteiger partial charge in [-0.3, -0.25) is 4.90 Å². The predicted octanol–water partition coefficient (Wildman–Crippen LogP) is 1.71. The Morgan fingerprint density at radius 1 is 1.44 bits per heavy atom. The van der Waals surface area contributed by atoms with Crippen molar-refractivity contribution in [3.8, 4) is 0 Å². The van der Waals surface area contributed by atoms with Gasteiger partial charge in [0.1, 0.15) is 0 Å². The molecule has 0 radical (unpaired) electrons. The van der Waals surface area contributed by atoms with Gasteiger partial charge < -0.3 is 10.8 Å². The van der Waals surface area contributed by atoms with E-state index in [2.05, 4.69) is 9.88 Å². The first-order chi connectivity index (χ1) is 8.76. The van der Waals surface area contributed by atoms with E-state index in [1.165, 1.54) is 30.6 Å². The van der Waals surface area contributed by atoms with Gasteiger partial charge in [-0.15, -0.1) is 11.3 Å². The number of hydrogen-bond donors (Lipinski definition) is 2. The summed E-state index contributed by atoms with van der Waals surface area (Å²) in [7, 11) is 0. The first-order valence-corrected chi connectivity index (χ1v) is 7.63. The van der Waals surface area contributed by atoms with Gasteiger partial charge in [0.25, 0.3) is 0 Å². The third-order valence-electron chi connectivity index (χ3n) is 4.49. The first kappa shape index (κ1) is 12.4. The molecule has 3 unspecified atom stereocenters. The average molecular weight is 267 g/mol. The molecule has 0 saturated heterocycles. The Morgan fingerprint density at radius 2 is 2.33 bits per heavy atom. The van der Waals surface area contributed by atoms with Crippen LogP contribution in [0.1, 0.15) is 30.6 Å². The zero-order valence-electron chi connectivity index (χ0n) is 10.6. The van der Waals surface area contributed by atoms with E-state index in [0.29, 0.717) is 11.2 Å². The molecular formula is C13H21N3OS. The summed E-state index contributed by atoms with van der Waals surface area (Å²) in [6, 6.07) is 0.666. The molecule has 2 bridgehead atoms. The molecule has 1 heterocycles. The summed E-state index contributed by atoms with van der Waals surface area (Å²) < 4.78 is 0. The molecule has 0 spiro atoms. The number of hydrogen-bond acceptors (Lipinski definition) is 5. The molecule has 2 aliphatic carbocycles. The molecule has 3 N–H and O–H groups in total. The van der Waals surface area contributed by atoms with Gasteiger partial charge >= 0.3 is 0 Å². The van der Waals surface area contributed by atoms with E-state index in [4.69, 9.17) is 5.73 Å². The summed E-state index contributed by atoms with van der Waals surface area (Å²) in [5.74, 6) is 1.79. The Hall–Kier alpha value is -0.650. The number of thiazole rings is 1. The monoisotopic (exact) mass is 267 g/mol. The maximum Gasteiger partial charge on any atom is 0.180 e. The summed E-state index contributed by atoms with van der Waals surface area (Å²) >= 11 is 1.56. The van der Waals surface area contributed by atoms with Crippen molar-refractivity contribution in [1.29, 1.82) is 0 Å². The van der Waals surface area contributed by atoms with Crippen LogP contribution in [-0.2, 0) is 6.54 Å². The number of nitrogen functional groups attached to an aromatic ring is 1. The molecule has 18 heavy (non-hydrogen) atoms. The fourth-order valence-corrected chi connectivity index (χ4v) is 4.45. The highest BCUT2D eigenvalue weighted by Crippen LogP contribution is 2.46. The van der Waals surface area contributed by atoms with Crippen LogP contribution in [0.3, 0.4) is 0 Å². The molecule has 1 aromatic rings. The van der Waals surface area contributed by atoms with Crippen molar-refractivity contribution in [3.05, 3.63) is 11.1 Å². The van der Waals surface area contributed by atoms with Gasteiger partial charge in [0, 0.05) is 30.2 Å². The number of nitrogens with zero attached hydrogens (tertiary/aromatic N) is 2. The zero-order chi connectivity index (χ0) is 12.5. The molecule has 3 rings (SSSR count). The molecule has 2 fully saturated rings. The van der Waals surface area contributed by atoms with Crippen molar-refractivity contribution >= 4 is 16.5 Å². The van der Waals surface area contributed by atoms with Gasteiger partial charge in [0.2, 0.25) is 0 Å². The van der Waals surface area contributed by atoms with Crippen molar-refractivity contribution in [3.63, 3.8) is 0 Å². The number of aliphatic hydroxyl groups is 1. The van der Waals surface area contributed by atoms with Gasteiger partial charge in [0.05, 0.1) is 6.61 Å². The Bertz CT molecular complexity index is 409. The number of anilines is 1. The quantitative estimate of drug-likeness (QED) is 0.852. The zero-order valence-corrected chi connectivity index (χ0v) is 11.4. The highest BCUT2D eigenvalue weighted by Gasteiger charge is 2.42. The molecule has 2 saturated carbocycles. The minimum atomic E-state index is 0.238. The van der Waals surface area contributed by atoms with Crippen LogP contribution in [0.2, 0.25) is 0 Å². The summed E-state index contributed by atoms with van der Waals surface area (Å²) in [6.45, 7) is 1.90. The minimum Gasteiger partial charge on any atom is -0.395 e. The third-order valence-corrected chi connectivity index (χ3v) is 5.30. The van der Waals surface area contributed by atoms with Crippen molar-refractivity contribution in [2.75, 3.05) is 18.9 Å². The number of aromatic nitrogens is 1. The van der Waals surface area contributed by atoms with Crippen LogP contribution in [-0.4, -0.2) is 34.2 Å². The summed E-state index contributed by atoms with van der Waals surface area (Å²) in [4.78, 5) is 7.76. The highest BCUT2D eigenvalue weighted by molar-refractivity contribution is 7.15. The van der Waals surface area contributed by atoms with E-state index in [1.54, 1.807) is 11.3 Å². The minimum absolute atomic E-state index is 0.238. The van der Waals surface area contributed by atoms with Crippen LogP contribution in [0.15, 0.2) is 6.20 Å². The fraction of sp³-hybridized carbons (Fsp3) is 0.769. The summed E-state index contributed by atoms with van der Waals surface area (Å²) in [5.41, 5.74) is 5.68. The largest absolute Gasteiger partial charge is 0.395 e. The molecule has 0 aliphatic heterocycles. The van der Waals surface area contributed by atoms with Gasteiger partial charge in [-0.25, -0.2) is 4.98 Å². The van der Waals surface area contributed by atoms with E-state index in [9.17, 15) is 5.11 Å². The normalized spacial score (nSPS) is 30.4. The standard InChI is InChI=1S/C13H21N3OS/c14-13-15-7-11(18-13)8-16(3-4-17)12-6-9-1-2-10(12)5-9/h7,9-10,12,17H,1-6,8H2,(H2,14,15). The Balaban J connectivity index is 1.68. The number of nitrogens with two attached hydrogens (primary N) is 1. The Kier molecular flexibility index (Phi) is 3.54. The van der Waals surface area contributed by atoms with E-state index in [0.717, 1.165) is 24.9 Å². The maximum atomic E-state index is 9.27. The third kappa shape index (κ3) is 2.39. The maximum absolute atomic E-state index is 9.27. The first-order valence-electron chi connectivity index (χ1n) is 6.81. The SMILES string of the molecule is Nc1ncc(CN(CCO)C2CC3CCC2C3)s1. The van der Waals surface area contributed by atoms with Crippen LogP contribution in [0.5, 0.6) is 0 Å². The second kappa shape index (κ2) is 5.15. The molecule has 100 valence electrons. The fourth-order valence-electron chi connectivity index (χ4n) is 3.74. The number of aliphatic hydroxyl groups excluding tert-OH is 1. The van der Waals surface area contributed by atoms with Crippen molar-refractivity contribution in [1.82, 2.24) is 9.88 Å². The van der Waals surface area contributed by atoms with Crippen LogP contribution >= 0.6 is 11.3 Å².